The van der Waals surface area contributed by atoms with Crippen LogP contribution >= 0.6 is 11.6 Å². The Morgan fingerprint density at radius 2 is 1.86 bits per heavy atom. The Kier molecular flexibility index (Phi) is 4.90. The lowest BCUT2D eigenvalue weighted by Crippen LogP contribution is -2.35. The first kappa shape index (κ1) is 18.8. The molecule has 3 heterocycles. The monoisotopic (exact) mass is 411 g/mol. The van der Waals surface area contributed by atoms with Gasteiger partial charge in [-0.25, -0.2) is 0 Å². The molecule has 0 saturated carbocycles. The standard InChI is InChI=1S/C23H26ClN3O2/c1-26-11-8-19-20-14-16(24)4-7-21(20)27(25)23(19)22(26)15-2-5-17(6-3-15)29-18-9-12-28-13-10-18/h2-7,14,18,22H,8-13,25H2,1H3. The van der Waals surface area contributed by atoms with Crippen molar-refractivity contribution >= 4 is 22.5 Å². The zero-order valence-corrected chi connectivity index (χ0v) is 17.4. The number of hydrogen-bond donors (Lipinski definition) is 1. The van der Waals surface area contributed by atoms with Crippen LogP contribution in [0.5, 0.6) is 5.75 Å². The van der Waals surface area contributed by atoms with E-state index in [2.05, 4.69) is 36.2 Å². The lowest BCUT2D eigenvalue weighted by Gasteiger charge is -2.34. The number of nitrogen functional groups attached to an aromatic ring is 1. The number of nitrogens with zero attached hydrogens (tertiary/aromatic N) is 2. The van der Waals surface area contributed by atoms with Gasteiger partial charge in [0.25, 0.3) is 0 Å². The number of hydrogen-bond acceptors (Lipinski definition) is 4. The molecule has 2 aliphatic heterocycles. The molecule has 6 heteroatoms. The maximum Gasteiger partial charge on any atom is 0.119 e. The lowest BCUT2D eigenvalue weighted by molar-refractivity contribution is 0.0255. The molecule has 5 nitrogen and oxygen atoms in total. The van der Waals surface area contributed by atoms with Crippen molar-refractivity contribution < 1.29 is 9.47 Å². The molecule has 0 amide bonds. The Hall–Kier alpha value is -2.21. The number of benzene rings is 2. The fraction of sp³-hybridized carbons (Fsp3) is 0.391. The fourth-order valence-electron chi connectivity index (χ4n) is 4.69. The zero-order valence-electron chi connectivity index (χ0n) is 16.6. The average Bonchev–Trinajstić information content (AvgIpc) is 3.01. The first-order valence-corrected chi connectivity index (χ1v) is 10.6. The Labute approximate surface area is 175 Å². The van der Waals surface area contributed by atoms with Gasteiger partial charge in [-0.3, -0.25) is 9.58 Å². The van der Waals surface area contributed by atoms with Gasteiger partial charge in [0.05, 0.1) is 30.5 Å². The van der Waals surface area contributed by atoms with E-state index in [0.717, 1.165) is 66.4 Å². The molecule has 1 saturated heterocycles. The van der Waals surface area contributed by atoms with Crippen LogP contribution in [0, 0.1) is 0 Å². The summed E-state index contributed by atoms with van der Waals surface area (Å²) >= 11 is 6.27. The van der Waals surface area contributed by atoms with E-state index >= 15 is 0 Å². The van der Waals surface area contributed by atoms with Crippen LogP contribution in [-0.4, -0.2) is 42.5 Å². The highest BCUT2D eigenvalue weighted by atomic mass is 35.5. The predicted molar refractivity (Wildman–Crippen MR) is 116 cm³/mol. The molecule has 1 atom stereocenters. The third-order valence-corrected chi connectivity index (χ3v) is 6.43. The highest BCUT2D eigenvalue weighted by Gasteiger charge is 2.32. The van der Waals surface area contributed by atoms with Crippen molar-refractivity contribution in [1.82, 2.24) is 9.58 Å². The summed E-state index contributed by atoms with van der Waals surface area (Å²) in [7, 11) is 2.16. The Morgan fingerprint density at radius 1 is 1.10 bits per heavy atom. The SMILES string of the molecule is CN1CCc2c(n(N)c3ccc(Cl)cc23)C1c1ccc(OC2CCOCC2)cc1. The molecule has 1 unspecified atom stereocenters. The molecule has 2 N–H and O–H groups in total. The molecule has 152 valence electrons. The van der Waals surface area contributed by atoms with Gasteiger partial charge in [-0.1, -0.05) is 23.7 Å². The lowest BCUT2D eigenvalue weighted by atomic mass is 9.93. The molecule has 0 radical (unpaired) electrons. The Bertz CT molecular complexity index is 1020. The summed E-state index contributed by atoms with van der Waals surface area (Å²) in [5, 5.41) is 1.91. The zero-order chi connectivity index (χ0) is 20.0. The molecule has 1 aromatic heterocycles. The number of likely N-dealkylation sites (N-methyl/N-ethyl adjacent to an activating group) is 1. The van der Waals surface area contributed by atoms with Crippen LogP contribution in [0.15, 0.2) is 42.5 Å². The van der Waals surface area contributed by atoms with Crippen LogP contribution in [-0.2, 0) is 11.2 Å². The molecule has 2 aliphatic rings. The van der Waals surface area contributed by atoms with Crippen LogP contribution in [0.3, 0.4) is 0 Å². The molecule has 29 heavy (non-hydrogen) atoms. The van der Waals surface area contributed by atoms with Crippen LogP contribution in [0.4, 0.5) is 0 Å². The van der Waals surface area contributed by atoms with Crippen molar-refractivity contribution in [2.24, 2.45) is 0 Å². The average molecular weight is 412 g/mol. The van der Waals surface area contributed by atoms with E-state index in [-0.39, 0.29) is 12.1 Å². The van der Waals surface area contributed by atoms with E-state index < -0.39 is 0 Å². The Morgan fingerprint density at radius 3 is 2.62 bits per heavy atom. The van der Waals surface area contributed by atoms with Gasteiger partial charge in [-0.15, -0.1) is 0 Å². The molecule has 2 aromatic carbocycles. The molecule has 1 fully saturated rings. The number of fused-ring (bicyclic) bond motifs is 3. The molecular formula is C23H26ClN3O2. The van der Waals surface area contributed by atoms with Crippen molar-refractivity contribution in [1.29, 1.82) is 0 Å². The van der Waals surface area contributed by atoms with E-state index in [0.29, 0.717) is 0 Å². The van der Waals surface area contributed by atoms with Crippen molar-refractivity contribution in [2.45, 2.75) is 31.4 Å². The van der Waals surface area contributed by atoms with Gasteiger partial charge >= 0.3 is 0 Å². The van der Waals surface area contributed by atoms with E-state index in [1.165, 1.54) is 11.1 Å². The van der Waals surface area contributed by atoms with E-state index in [1.807, 2.05) is 22.9 Å². The molecule has 0 bridgehead atoms. The van der Waals surface area contributed by atoms with Gasteiger partial charge in [-0.05, 0) is 54.9 Å². The summed E-state index contributed by atoms with van der Waals surface area (Å²) in [6, 6.07) is 14.5. The third kappa shape index (κ3) is 3.37. The number of ether oxygens (including phenoxy) is 2. The van der Waals surface area contributed by atoms with E-state index in [1.54, 1.807) is 0 Å². The first-order valence-electron chi connectivity index (χ1n) is 10.2. The van der Waals surface area contributed by atoms with Gasteiger partial charge < -0.3 is 15.3 Å². The second kappa shape index (κ2) is 7.56. The van der Waals surface area contributed by atoms with Gasteiger partial charge in [0.2, 0.25) is 0 Å². The van der Waals surface area contributed by atoms with Crippen LogP contribution < -0.4 is 10.6 Å². The molecule has 5 rings (SSSR count). The summed E-state index contributed by atoms with van der Waals surface area (Å²) in [4.78, 5) is 2.36. The number of aromatic nitrogens is 1. The summed E-state index contributed by atoms with van der Waals surface area (Å²) in [6.45, 7) is 2.54. The smallest absolute Gasteiger partial charge is 0.119 e. The fourth-order valence-corrected chi connectivity index (χ4v) is 4.86. The first-order chi connectivity index (χ1) is 14.1. The minimum atomic E-state index is 0.104. The number of nitrogens with two attached hydrogens (primary N) is 1. The minimum Gasteiger partial charge on any atom is -0.490 e. The van der Waals surface area contributed by atoms with Gasteiger partial charge in [-0.2, -0.15) is 0 Å². The summed E-state index contributed by atoms with van der Waals surface area (Å²) in [6.07, 6.45) is 3.11. The van der Waals surface area contributed by atoms with Gasteiger partial charge in [0, 0.05) is 29.8 Å². The van der Waals surface area contributed by atoms with E-state index in [4.69, 9.17) is 26.9 Å². The van der Waals surface area contributed by atoms with Crippen molar-refractivity contribution in [3.63, 3.8) is 0 Å². The van der Waals surface area contributed by atoms with Crippen molar-refractivity contribution in [3.05, 3.63) is 64.3 Å². The van der Waals surface area contributed by atoms with Gasteiger partial charge in [0.1, 0.15) is 11.9 Å². The highest BCUT2D eigenvalue weighted by molar-refractivity contribution is 6.31. The molecular weight excluding hydrogens is 386 g/mol. The maximum absolute atomic E-state index is 6.56. The number of rotatable bonds is 3. The summed E-state index contributed by atoms with van der Waals surface area (Å²) in [5.41, 5.74) is 4.69. The minimum absolute atomic E-state index is 0.104. The second-order valence-electron chi connectivity index (χ2n) is 8.03. The van der Waals surface area contributed by atoms with Crippen LogP contribution in [0.25, 0.3) is 10.9 Å². The van der Waals surface area contributed by atoms with Crippen LogP contribution in [0.1, 0.15) is 35.7 Å². The molecule has 0 aliphatic carbocycles. The van der Waals surface area contributed by atoms with Crippen molar-refractivity contribution in [3.8, 4) is 5.75 Å². The second-order valence-corrected chi connectivity index (χ2v) is 8.46. The quantitative estimate of drug-likeness (QED) is 0.658. The third-order valence-electron chi connectivity index (χ3n) is 6.19. The molecule has 3 aromatic rings. The van der Waals surface area contributed by atoms with Crippen LogP contribution in [0.2, 0.25) is 5.02 Å². The highest BCUT2D eigenvalue weighted by Crippen LogP contribution is 2.39. The van der Waals surface area contributed by atoms with Crippen molar-refractivity contribution in [2.75, 3.05) is 32.6 Å². The summed E-state index contributed by atoms with van der Waals surface area (Å²) in [5.74, 6) is 7.48. The van der Waals surface area contributed by atoms with Gasteiger partial charge in [0.15, 0.2) is 0 Å². The molecule has 0 spiro atoms. The number of halogens is 1. The topological polar surface area (TPSA) is 52.7 Å². The predicted octanol–water partition coefficient (Wildman–Crippen LogP) is 4.14. The largest absolute Gasteiger partial charge is 0.490 e. The maximum atomic E-state index is 6.56. The van der Waals surface area contributed by atoms with E-state index in [9.17, 15) is 0 Å². The Balaban J connectivity index is 1.49. The normalized spacial score (nSPS) is 20.7. The summed E-state index contributed by atoms with van der Waals surface area (Å²) < 4.78 is 13.4.